The number of rotatable bonds is 3. The smallest absolute Gasteiger partial charge is 0.237 e. The lowest BCUT2D eigenvalue weighted by atomic mass is 9.81. The Morgan fingerprint density at radius 3 is 2.59 bits per heavy atom. The second-order valence-corrected chi connectivity index (χ2v) is 9.16. The molecule has 3 atom stereocenters. The average molecular weight is 495 g/mol. The summed E-state index contributed by atoms with van der Waals surface area (Å²) in [6.45, 7) is 3.40. The summed E-state index contributed by atoms with van der Waals surface area (Å²) in [7, 11) is 0. The number of hydrogen-bond donors (Lipinski definition) is 3. The van der Waals surface area contributed by atoms with Gasteiger partial charge in [0.15, 0.2) is 0 Å². The largest absolute Gasteiger partial charge is 0.341 e. The van der Waals surface area contributed by atoms with Gasteiger partial charge in [-0.1, -0.05) is 23.7 Å². The molecule has 2 bridgehead atoms. The zero-order valence-corrected chi connectivity index (χ0v) is 19.8. The maximum atomic E-state index is 13.3. The molecule has 1 amide bonds. The number of hydrogen-bond acceptors (Lipinski definition) is 4. The molecule has 6 nitrogen and oxygen atoms in total. The predicted octanol–water partition coefficient (Wildman–Crippen LogP) is 4.52. The van der Waals surface area contributed by atoms with E-state index in [1.165, 1.54) is 25.9 Å². The first-order chi connectivity index (χ1) is 14.7. The van der Waals surface area contributed by atoms with E-state index in [2.05, 4.69) is 20.5 Å². The van der Waals surface area contributed by atoms with E-state index >= 15 is 0 Å². The highest BCUT2D eigenvalue weighted by Gasteiger charge is 2.43. The summed E-state index contributed by atoms with van der Waals surface area (Å²) in [5.41, 5.74) is 3.68. The monoisotopic (exact) mass is 493 g/mol. The quantitative estimate of drug-likeness (QED) is 0.500. The number of para-hydroxylation sites is 2. The lowest BCUT2D eigenvalue weighted by Crippen LogP contribution is -2.58. The van der Waals surface area contributed by atoms with Crippen LogP contribution < -0.4 is 10.6 Å². The van der Waals surface area contributed by atoms with Gasteiger partial charge in [-0.25, -0.2) is 4.98 Å². The lowest BCUT2D eigenvalue weighted by Gasteiger charge is -2.47. The molecule has 4 aliphatic rings. The van der Waals surface area contributed by atoms with Gasteiger partial charge in [-0.15, -0.1) is 24.8 Å². The van der Waals surface area contributed by atoms with E-state index in [1.807, 2.05) is 42.5 Å². The molecule has 170 valence electrons. The van der Waals surface area contributed by atoms with E-state index < -0.39 is 5.92 Å². The Hall–Kier alpha value is -1.83. The van der Waals surface area contributed by atoms with Crippen molar-refractivity contribution in [3.8, 4) is 0 Å². The third kappa shape index (κ3) is 3.99. The molecule has 32 heavy (non-hydrogen) atoms. The number of benzene rings is 2. The van der Waals surface area contributed by atoms with Crippen LogP contribution in [0.4, 0.5) is 5.69 Å². The third-order valence-electron chi connectivity index (χ3n) is 6.97. The van der Waals surface area contributed by atoms with E-state index in [9.17, 15) is 4.79 Å². The topological polar surface area (TPSA) is 73.1 Å². The zero-order valence-electron chi connectivity index (χ0n) is 17.4. The van der Waals surface area contributed by atoms with E-state index in [1.54, 1.807) is 0 Å². The fraction of sp³-hybridized carbons (Fsp3) is 0.391. The van der Waals surface area contributed by atoms with Gasteiger partial charge in [-0.05, 0) is 67.7 Å². The van der Waals surface area contributed by atoms with Crippen LogP contribution in [0, 0.1) is 5.92 Å². The summed E-state index contributed by atoms with van der Waals surface area (Å²) in [5, 5.41) is 7.62. The van der Waals surface area contributed by atoms with Crippen LogP contribution in [-0.2, 0) is 4.79 Å². The van der Waals surface area contributed by atoms with Gasteiger partial charge >= 0.3 is 0 Å². The van der Waals surface area contributed by atoms with Gasteiger partial charge in [0.05, 0.1) is 17.1 Å². The summed E-state index contributed by atoms with van der Waals surface area (Å²) >= 11 is 6.37. The third-order valence-corrected chi connectivity index (χ3v) is 7.21. The standard InChI is InChI=1S/C23H24ClN5O.2ClH/c24-14-5-6-16-15(11-14)21(25-19-12-29-9-7-13(19)8-10-29)20(23(30)28-16)22-26-17-3-1-2-4-18(17)27-22;;/h1-6,11,13,19-21,25H,7-10,12H2,(H,26,27)(H,28,30);2*1H. The summed E-state index contributed by atoms with van der Waals surface area (Å²) in [6.07, 6.45) is 2.43. The maximum absolute atomic E-state index is 13.3. The fourth-order valence-electron chi connectivity index (χ4n) is 5.42. The van der Waals surface area contributed by atoms with E-state index in [-0.39, 0.29) is 36.8 Å². The molecule has 9 heteroatoms. The Morgan fingerprint density at radius 2 is 1.88 bits per heavy atom. The second-order valence-electron chi connectivity index (χ2n) is 8.73. The molecule has 0 aliphatic carbocycles. The van der Waals surface area contributed by atoms with Crippen molar-refractivity contribution in [2.45, 2.75) is 30.8 Å². The van der Waals surface area contributed by atoms with Crippen LogP contribution in [0.5, 0.6) is 0 Å². The minimum atomic E-state index is -0.446. The van der Waals surface area contributed by atoms with Crippen molar-refractivity contribution in [2.24, 2.45) is 5.92 Å². The van der Waals surface area contributed by atoms with Crippen molar-refractivity contribution < 1.29 is 4.79 Å². The number of piperidine rings is 3. The van der Waals surface area contributed by atoms with Crippen molar-refractivity contribution in [3.63, 3.8) is 0 Å². The first-order valence-electron chi connectivity index (χ1n) is 10.7. The molecule has 2 aromatic carbocycles. The Kier molecular flexibility index (Phi) is 6.71. The molecule has 3 N–H and O–H groups in total. The number of nitrogens with one attached hydrogen (secondary N) is 3. The number of aromatic nitrogens is 2. The minimum Gasteiger partial charge on any atom is -0.341 e. The molecule has 7 rings (SSSR count). The number of amides is 1. The van der Waals surface area contributed by atoms with Crippen LogP contribution in [0.1, 0.15) is 36.2 Å². The molecular weight excluding hydrogens is 469 g/mol. The molecule has 0 radical (unpaired) electrons. The highest BCUT2D eigenvalue weighted by Crippen LogP contribution is 2.42. The maximum Gasteiger partial charge on any atom is 0.237 e. The molecule has 0 spiro atoms. The second kappa shape index (κ2) is 9.20. The molecule has 3 saturated heterocycles. The number of anilines is 1. The van der Waals surface area contributed by atoms with Crippen LogP contribution in [0.3, 0.4) is 0 Å². The summed E-state index contributed by atoms with van der Waals surface area (Å²) in [5.74, 6) is 0.860. The number of halogens is 3. The molecule has 4 aliphatic heterocycles. The van der Waals surface area contributed by atoms with Gasteiger partial charge in [0.2, 0.25) is 5.91 Å². The zero-order chi connectivity index (χ0) is 20.2. The van der Waals surface area contributed by atoms with Crippen LogP contribution >= 0.6 is 36.4 Å². The first-order valence-corrected chi connectivity index (χ1v) is 11.1. The molecule has 1 aromatic heterocycles. The van der Waals surface area contributed by atoms with E-state index in [0.717, 1.165) is 28.8 Å². The molecule has 3 unspecified atom stereocenters. The number of imidazole rings is 1. The summed E-state index contributed by atoms with van der Waals surface area (Å²) < 4.78 is 0. The van der Waals surface area contributed by atoms with Crippen LogP contribution in [-0.4, -0.2) is 46.5 Å². The van der Waals surface area contributed by atoms with Crippen LogP contribution in [0.2, 0.25) is 5.02 Å². The normalized spacial score (nSPS) is 28.4. The van der Waals surface area contributed by atoms with Crippen molar-refractivity contribution in [2.75, 3.05) is 25.0 Å². The number of H-pyrrole nitrogens is 1. The van der Waals surface area contributed by atoms with Gasteiger partial charge in [0, 0.05) is 23.3 Å². The van der Waals surface area contributed by atoms with E-state index in [4.69, 9.17) is 16.6 Å². The van der Waals surface area contributed by atoms with Crippen molar-refractivity contribution in [1.82, 2.24) is 20.2 Å². The number of nitrogens with zero attached hydrogens (tertiary/aromatic N) is 2. The van der Waals surface area contributed by atoms with Crippen molar-refractivity contribution in [3.05, 3.63) is 58.9 Å². The first kappa shape index (κ1) is 23.3. The van der Waals surface area contributed by atoms with Gasteiger partial charge in [0.1, 0.15) is 11.7 Å². The van der Waals surface area contributed by atoms with E-state index in [0.29, 0.717) is 22.8 Å². The molecule has 5 heterocycles. The number of aromatic amines is 1. The SMILES string of the molecule is Cl.Cl.O=C1Nc2ccc(Cl)cc2C(NC2CN3CCC2CC3)C1c1nc2ccccc2[nH]1. The Labute approximate surface area is 204 Å². The molecule has 0 saturated carbocycles. The summed E-state index contributed by atoms with van der Waals surface area (Å²) in [4.78, 5) is 24.0. The van der Waals surface area contributed by atoms with Gasteiger partial charge in [-0.2, -0.15) is 0 Å². The van der Waals surface area contributed by atoms with Crippen LogP contribution in [0.15, 0.2) is 42.5 Å². The molecule has 3 aromatic rings. The predicted molar refractivity (Wildman–Crippen MR) is 132 cm³/mol. The number of carbonyl (C=O) groups excluding carboxylic acids is 1. The number of fused-ring (bicyclic) bond motifs is 5. The Bertz CT molecular complexity index is 1090. The van der Waals surface area contributed by atoms with Crippen molar-refractivity contribution >= 4 is 59.0 Å². The highest BCUT2D eigenvalue weighted by atomic mass is 35.5. The van der Waals surface area contributed by atoms with Gasteiger partial charge < -0.3 is 20.5 Å². The minimum absolute atomic E-state index is 0. The fourth-order valence-corrected chi connectivity index (χ4v) is 5.60. The van der Waals surface area contributed by atoms with Gasteiger partial charge in [-0.3, -0.25) is 4.79 Å². The Morgan fingerprint density at radius 1 is 1.09 bits per heavy atom. The summed E-state index contributed by atoms with van der Waals surface area (Å²) in [6, 6.07) is 13.8. The Balaban J connectivity index is 0.00000122. The van der Waals surface area contributed by atoms with Crippen molar-refractivity contribution in [1.29, 1.82) is 0 Å². The van der Waals surface area contributed by atoms with Gasteiger partial charge in [0.25, 0.3) is 0 Å². The van der Waals surface area contributed by atoms with Crippen LogP contribution in [0.25, 0.3) is 11.0 Å². The lowest BCUT2D eigenvalue weighted by molar-refractivity contribution is -0.119. The molecule has 3 fully saturated rings. The number of carbonyl (C=O) groups is 1. The highest BCUT2D eigenvalue weighted by molar-refractivity contribution is 6.30. The average Bonchev–Trinajstić information content (AvgIpc) is 3.19. The molecular formula is C23H26Cl3N5O.